The summed E-state index contributed by atoms with van der Waals surface area (Å²) in [6.45, 7) is 2.72. The van der Waals surface area contributed by atoms with Crippen molar-refractivity contribution in [2.75, 3.05) is 19.6 Å². The second kappa shape index (κ2) is 7.88. The third-order valence-corrected chi connectivity index (χ3v) is 7.81. The monoisotopic (exact) mass is 450 g/mol. The molecule has 0 radical (unpaired) electrons. The average Bonchev–Trinajstić information content (AvgIpc) is 3.49. The van der Waals surface area contributed by atoms with E-state index in [0.29, 0.717) is 35.4 Å². The smallest absolute Gasteiger partial charge is 0.253 e. The van der Waals surface area contributed by atoms with Crippen molar-refractivity contribution < 1.29 is 13.2 Å². The maximum Gasteiger partial charge on any atom is 0.253 e. The molecule has 1 aliphatic heterocycles. The number of amides is 1. The van der Waals surface area contributed by atoms with Gasteiger partial charge in [-0.2, -0.15) is 4.31 Å². The Balaban J connectivity index is 1.43. The van der Waals surface area contributed by atoms with Crippen LogP contribution in [0.15, 0.2) is 72.4 Å². The molecule has 1 fully saturated rings. The van der Waals surface area contributed by atoms with Crippen molar-refractivity contribution in [3.63, 3.8) is 0 Å². The molecule has 0 aliphatic carbocycles. The van der Waals surface area contributed by atoms with Gasteiger partial charge in [-0.3, -0.25) is 9.36 Å². The zero-order chi connectivity index (χ0) is 22.3. The predicted octanol–water partition coefficient (Wildman–Crippen LogP) is 2.28. The van der Waals surface area contributed by atoms with Gasteiger partial charge in [-0.05, 0) is 25.1 Å². The van der Waals surface area contributed by atoms with Crippen molar-refractivity contribution >= 4 is 26.8 Å². The number of aromatic amines is 1. The van der Waals surface area contributed by atoms with E-state index in [0.717, 1.165) is 0 Å². The Morgan fingerprint density at radius 3 is 2.66 bits per heavy atom. The normalized spacial score (nSPS) is 17.7. The van der Waals surface area contributed by atoms with Gasteiger partial charge in [-0.1, -0.05) is 18.2 Å². The first kappa shape index (κ1) is 20.4. The van der Waals surface area contributed by atoms with Crippen LogP contribution >= 0.6 is 0 Å². The van der Waals surface area contributed by atoms with Crippen LogP contribution in [0, 0.1) is 0 Å². The zero-order valence-electron chi connectivity index (χ0n) is 17.4. The van der Waals surface area contributed by atoms with Gasteiger partial charge in [0.2, 0.25) is 10.0 Å². The first-order valence-corrected chi connectivity index (χ1v) is 11.7. The van der Waals surface area contributed by atoms with Gasteiger partial charge >= 0.3 is 0 Å². The lowest BCUT2D eigenvalue weighted by atomic mass is 10.1. The Morgan fingerprint density at radius 2 is 1.94 bits per heavy atom. The van der Waals surface area contributed by atoms with Crippen LogP contribution in [0.2, 0.25) is 0 Å². The maximum absolute atomic E-state index is 13.6. The molecule has 1 atom stereocenters. The molecule has 1 saturated heterocycles. The summed E-state index contributed by atoms with van der Waals surface area (Å²) in [4.78, 5) is 26.2. The summed E-state index contributed by atoms with van der Waals surface area (Å²) in [6, 6.07) is 10.4. The minimum Gasteiger partial charge on any atom is -0.357 e. The Kier molecular flexibility index (Phi) is 5.03. The van der Waals surface area contributed by atoms with Crippen molar-refractivity contribution in [3.05, 3.63) is 73.1 Å². The Morgan fingerprint density at radius 1 is 1.12 bits per heavy atom. The fourth-order valence-corrected chi connectivity index (χ4v) is 5.95. The number of piperazine rings is 1. The number of nitrogens with zero attached hydrogens (tertiary/aromatic N) is 5. The highest BCUT2D eigenvalue weighted by Crippen LogP contribution is 2.30. The number of sulfonamides is 1. The number of benzene rings is 1. The third-order valence-electron chi connectivity index (χ3n) is 5.75. The fraction of sp³-hybridized carbons (Fsp3) is 0.227. The van der Waals surface area contributed by atoms with Gasteiger partial charge < -0.3 is 9.88 Å². The van der Waals surface area contributed by atoms with Crippen molar-refractivity contribution in [2.24, 2.45) is 0 Å². The minimum absolute atomic E-state index is 0.0855. The Bertz CT molecular complexity index is 1370. The molecule has 0 unspecified atom stereocenters. The highest BCUT2D eigenvalue weighted by Gasteiger charge is 2.36. The van der Waals surface area contributed by atoms with Crippen LogP contribution in [0.1, 0.15) is 17.3 Å². The molecule has 0 bridgehead atoms. The van der Waals surface area contributed by atoms with Crippen molar-refractivity contribution in [1.29, 1.82) is 0 Å². The van der Waals surface area contributed by atoms with Crippen LogP contribution in [-0.2, 0) is 10.0 Å². The van der Waals surface area contributed by atoms with Gasteiger partial charge in [-0.25, -0.2) is 18.4 Å². The van der Waals surface area contributed by atoms with Crippen molar-refractivity contribution in [2.45, 2.75) is 17.9 Å². The van der Waals surface area contributed by atoms with E-state index < -0.39 is 10.0 Å². The van der Waals surface area contributed by atoms with Crippen LogP contribution < -0.4 is 0 Å². The van der Waals surface area contributed by atoms with Gasteiger partial charge in [-0.15, -0.1) is 0 Å². The molecule has 3 aromatic heterocycles. The second-order valence-electron chi connectivity index (χ2n) is 7.76. The molecular formula is C22H22N6O3S. The number of hydrogen-bond donors (Lipinski definition) is 1. The van der Waals surface area contributed by atoms with Crippen LogP contribution in [0.5, 0.6) is 0 Å². The number of fused-ring (bicyclic) bond motifs is 1. The molecule has 1 N–H and O–H groups in total. The van der Waals surface area contributed by atoms with Gasteiger partial charge in [0.1, 0.15) is 11.2 Å². The number of aromatic nitrogens is 4. The van der Waals surface area contributed by atoms with E-state index in [1.807, 2.05) is 25.1 Å². The molecule has 0 saturated carbocycles. The minimum atomic E-state index is -3.78. The summed E-state index contributed by atoms with van der Waals surface area (Å²) in [5.41, 5.74) is 1.22. The number of carbonyl (C=O) groups is 1. The van der Waals surface area contributed by atoms with Crippen LogP contribution in [0.3, 0.4) is 0 Å². The van der Waals surface area contributed by atoms with Gasteiger partial charge in [0.15, 0.2) is 5.82 Å². The molecule has 1 aromatic carbocycles. The largest absolute Gasteiger partial charge is 0.357 e. The van der Waals surface area contributed by atoms with E-state index in [2.05, 4.69) is 15.0 Å². The Labute approximate surface area is 185 Å². The quantitative estimate of drug-likeness (QED) is 0.514. The highest BCUT2D eigenvalue weighted by atomic mass is 32.2. The summed E-state index contributed by atoms with van der Waals surface area (Å²) in [5.74, 6) is 0.491. The SMILES string of the molecule is C[C@H]1CN(C(=O)c2ccccc2)CCN1S(=O)(=O)c1c[nH]c2c(-n3ccnc3)nccc12. The summed E-state index contributed by atoms with van der Waals surface area (Å²) >= 11 is 0. The van der Waals surface area contributed by atoms with E-state index in [1.165, 1.54) is 10.5 Å². The number of carbonyl (C=O) groups excluding carboxylic acids is 1. The second-order valence-corrected chi connectivity index (χ2v) is 9.62. The van der Waals surface area contributed by atoms with Crippen LogP contribution in [0.25, 0.3) is 16.7 Å². The lowest BCUT2D eigenvalue weighted by Crippen LogP contribution is -2.55. The topological polar surface area (TPSA) is 104 Å². The van der Waals surface area contributed by atoms with Gasteiger partial charge in [0, 0.05) is 61.4 Å². The molecule has 164 valence electrons. The molecule has 1 aliphatic rings. The highest BCUT2D eigenvalue weighted by molar-refractivity contribution is 7.89. The van der Waals surface area contributed by atoms with Crippen LogP contribution in [0.4, 0.5) is 0 Å². The lowest BCUT2D eigenvalue weighted by Gasteiger charge is -2.38. The Hall–Kier alpha value is -3.50. The maximum atomic E-state index is 13.6. The summed E-state index contributed by atoms with van der Waals surface area (Å²) in [7, 11) is -3.78. The van der Waals surface area contributed by atoms with Crippen molar-refractivity contribution in [1.82, 2.24) is 28.7 Å². The van der Waals surface area contributed by atoms with E-state index >= 15 is 0 Å². The van der Waals surface area contributed by atoms with Gasteiger partial charge in [0.05, 0.1) is 5.52 Å². The number of pyridine rings is 1. The number of nitrogens with one attached hydrogen (secondary N) is 1. The average molecular weight is 451 g/mol. The molecular weight excluding hydrogens is 428 g/mol. The van der Waals surface area contributed by atoms with E-state index in [-0.39, 0.29) is 23.4 Å². The molecule has 5 rings (SSSR count). The number of imidazole rings is 1. The number of hydrogen-bond acceptors (Lipinski definition) is 5. The van der Waals surface area contributed by atoms with Crippen LogP contribution in [-0.4, -0.2) is 68.7 Å². The summed E-state index contributed by atoms with van der Waals surface area (Å²) < 4.78 is 30.4. The first-order chi connectivity index (χ1) is 15.5. The van der Waals surface area contributed by atoms with Gasteiger partial charge in [0.25, 0.3) is 5.91 Å². The molecule has 32 heavy (non-hydrogen) atoms. The van der Waals surface area contributed by atoms with E-state index in [1.54, 1.807) is 52.6 Å². The molecule has 9 nitrogen and oxygen atoms in total. The summed E-state index contributed by atoms with van der Waals surface area (Å²) in [6.07, 6.45) is 8.10. The molecule has 4 heterocycles. The van der Waals surface area contributed by atoms with E-state index in [4.69, 9.17) is 0 Å². The molecule has 4 aromatic rings. The molecule has 10 heteroatoms. The molecule has 0 spiro atoms. The van der Waals surface area contributed by atoms with Crippen molar-refractivity contribution in [3.8, 4) is 5.82 Å². The fourth-order valence-electron chi connectivity index (χ4n) is 4.18. The lowest BCUT2D eigenvalue weighted by molar-refractivity contribution is 0.0642. The zero-order valence-corrected chi connectivity index (χ0v) is 18.2. The first-order valence-electron chi connectivity index (χ1n) is 10.3. The standard InChI is InChI=1S/C22H22N6O3S/c1-16-14-26(22(29)17-5-3-2-4-6-17)11-12-28(16)32(30,31)19-13-25-20-18(19)7-8-24-21(20)27-10-9-23-15-27/h2-10,13,15-16,25H,11-12,14H2,1H3/t16-/m0/s1. The predicted molar refractivity (Wildman–Crippen MR) is 119 cm³/mol. The molecule has 1 amide bonds. The third kappa shape index (κ3) is 3.37. The van der Waals surface area contributed by atoms with E-state index in [9.17, 15) is 13.2 Å². The number of rotatable bonds is 4. The number of H-pyrrole nitrogens is 1. The summed E-state index contributed by atoms with van der Waals surface area (Å²) in [5, 5.41) is 0.568.